The Hall–Kier alpha value is -3.23. The Morgan fingerprint density at radius 3 is 2.54 bits per heavy atom. The predicted octanol–water partition coefficient (Wildman–Crippen LogP) is 4.46. The molecule has 1 saturated carbocycles. The molecular weight excluding hydrogens is 448 g/mol. The molecule has 1 saturated heterocycles. The fraction of sp³-hybridized carbons (Fsp3) is 0.577. The van der Waals surface area contributed by atoms with Crippen molar-refractivity contribution in [3.05, 3.63) is 47.8 Å². The van der Waals surface area contributed by atoms with E-state index in [9.17, 15) is 9.59 Å². The lowest BCUT2D eigenvalue weighted by Crippen LogP contribution is -2.43. The summed E-state index contributed by atoms with van der Waals surface area (Å²) in [6.07, 6.45) is 4.55. The highest BCUT2D eigenvalue weighted by atomic mass is 16.6. The van der Waals surface area contributed by atoms with Crippen molar-refractivity contribution >= 4 is 12.2 Å². The second-order valence-corrected chi connectivity index (χ2v) is 10.4. The minimum atomic E-state index is -0.601. The zero-order valence-electron chi connectivity index (χ0n) is 21.0. The van der Waals surface area contributed by atoms with Crippen molar-refractivity contribution in [1.82, 2.24) is 20.0 Å². The maximum atomic E-state index is 12.7. The van der Waals surface area contributed by atoms with Gasteiger partial charge >= 0.3 is 12.2 Å². The first-order valence-corrected chi connectivity index (χ1v) is 12.3. The quantitative estimate of drug-likeness (QED) is 0.624. The summed E-state index contributed by atoms with van der Waals surface area (Å²) < 4.78 is 19.1. The molecule has 1 N–H and O–H groups in total. The van der Waals surface area contributed by atoms with Gasteiger partial charge in [-0.3, -0.25) is 4.68 Å². The van der Waals surface area contributed by atoms with E-state index in [0.717, 1.165) is 29.8 Å². The van der Waals surface area contributed by atoms with Crippen molar-refractivity contribution in [3.63, 3.8) is 0 Å². The van der Waals surface area contributed by atoms with Crippen molar-refractivity contribution in [3.8, 4) is 5.75 Å². The standard InChI is InChI=1S/C26H36N4O5/c1-18-23(15-30(28-18)21-11-8-12-21)33-17-20-13-29(25(32)35-26(2,3)4)14-22(20)27-24(31)34-16-19-9-6-5-7-10-19/h5-7,9-10,15,20-22H,8,11-14,16-17H2,1-4H3,(H,27,31)/t20-,22+/m1/s1. The fourth-order valence-corrected chi connectivity index (χ4v) is 4.24. The Balaban J connectivity index is 1.38. The van der Waals surface area contributed by atoms with Crippen LogP contribution in [0.15, 0.2) is 36.5 Å². The molecule has 1 aliphatic carbocycles. The highest BCUT2D eigenvalue weighted by Gasteiger charge is 2.39. The number of amides is 2. The van der Waals surface area contributed by atoms with Gasteiger partial charge in [0.15, 0.2) is 5.75 Å². The fourth-order valence-electron chi connectivity index (χ4n) is 4.24. The van der Waals surface area contributed by atoms with Gasteiger partial charge < -0.3 is 24.4 Å². The number of benzene rings is 1. The first-order valence-electron chi connectivity index (χ1n) is 12.3. The van der Waals surface area contributed by atoms with Gasteiger partial charge in [-0.05, 0) is 52.5 Å². The van der Waals surface area contributed by atoms with Crippen LogP contribution in [0.3, 0.4) is 0 Å². The van der Waals surface area contributed by atoms with Gasteiger partial charge in [0.2, 0.25) is 0 Å². The van der Waals surface area contributed by atoms with E-state index >= 15 is 0 Å². The molecule has 1 aliphatic heterocycles. The molecule has 2 heterocycles. The van der Waals surface area contributed by atoms with Crippen LogP contribution in [0.5, 0.6) is 5.75 Å². The van der Waals surface area contributed by atoms with Crippen LogP contribution < -0.4 is 10.1 Å². The number of aryl methyl sites for hydroxylation is 1. The largest absolute Gasteiger partial charge is 0.490 e. The van der Waals surface area contributed by atoms with Crippen LogP contribution >= 0.6 is 0 Å². The number of alkyl carbamates (subject to hydrolysis) is 1. The normalized spacial score (nSPS) is 20.3. The average molecular weight is 485 g/mol. The van der Waals surface area contributed by atoms with E-state index in [1.54, 1.807) is 4.90 Å². The molecule has 9 heteroatoms. The van der Waals surface area contributed by atoms with Crippen LogP contribution in [0.1, 0.15) is 57.3 Å². The van der Waals surface area contributed by atoms with Gasteiger partial charge in [-0.1, -0.05) is 30.3 Å². The number of rotatable bonds is 7. The van der Waals surface area contributed by atoms with Gasteiger partial charge in [-0.15, -0.1) is 0 Å². The minimum absolute atomic E-state index is 0.127. The summed E-state index contributed by atoms with van der Waals surface area (Å²) in [6, 6.07) is 9.63. The number of aromatic nitrogens is 2. The van der Waals surface area contributed by atoms with Crippen molar-refractivity contribution in [2.24, 2.45) is 5.92 Å². The lowest BCUT2D eigenvalue weighted by Gasteiger charge is -2.25. The van der Waals surface area contributed by atoms with Gasteiger partial charge in [0.25, 0.3) is 0 Å². The van der Waals surface area contributed by atoms with Crippen LogP contribution in [-0.2, 0) is 16.1 Å². The summed E-state index contributed by atoms with van der Waals surface area (Å²) in [6.45, 7) is 8.68. The van der Waals surface area contributed by atoms with Crippen LogP contribution in [0.4, 0.5) is 9.59 Å². The number of carbonyl (C=O) groups is 2. The van der Waals surface area contributed by atoms with Crippen molar-refractivity contribution in [2.75, 3.05) is 19.7 Å². The third-order valence-electron chi connectivity index (χ3n) is 6.38. The SMILES string of the molecule is Cc1nn(C2CCC2)cc1OC[C@H]1CN(C(=O)OC(C)(C)C)C[C@@H]1NC(=O)OCc1ccccc1. The molecule has 9 nitrogen and oxygen atoms in total. The zero-order valence-corrected chi connectivity index (χ0v) is 21.0. The zero-order chi connectivity index (χ0) is 25.0. The molecule has 2 amide bonds. The second-order valence-electron chi connectivity index (χ2n) is 10.4. The Labute approximate surface area is 206 Å². The van der Waals surface area contributed by atoms with Crippen LogP contribution in [0, 0.1) is 12.8 Å². The number of carbonyl (C=O) groups excluding carboxylic acids is 2. The molecule has 4 rings (SSSR count). The maximum Gasteiger partial charge on any atom is 0.410 e. The molecule has 0 unspecified atom stereocenters. The Morgan fingerprint density at radius 2 is 1.89 bits per heavy atom. The van der Waals surface area contributed by atoms with E-state index in [1.807, 2.05) is 68.9 Å². The molecule has 2 aliphatic rings. The highest BCUT2D eigenvalue weighted by Crippen LogP contribution is 2.33. The summed E-state index contributed by atoms with van der Waals surface area (Å²) in [4.78, 5) is 26.9. The highest BCUT2D eigenvalue weighted by molar-refractivity contribution is 5.70. The molecule has 2 atom stereocenters. The van der Waals surface area contributed by atoms with Crippen LogP contribution in [0.25, 0.3) is 0 Å². The molecule has 2 aromatic rings. The monoisotopic (exact) mass is 484 g/mol. The molecule has 0 radical (unpaired) electrons. The average Bonchev–Trinajstić information content (AvgIpc) is 3.32. The van der Waals surface area contributed by atoms with E-state index in [-0.39, 0.29) is 18.6 Å². The molecule has 190 valence electrons. The van der Waals surface area contributed by atoms with E-state index in [2.05, 4.69) is 10.4 Å². The van der Waals surface area contributed by atoms with Gasteiger partial charge in [-0.25, -0.2) is 9.59 Å². The van der Waals surface area contributed by atoms with Gasteiger partial charge in [0.05, 0.1) is 24.9 Å². The molecule has 35 heavy (non-hydrogen) atoms. The topological polar surface area (TPSA) is 94.9 Å². The van der Waals surface area contributed by atoms with Gasteiger partial charge in [-0.2, -0.15) is 5.10 Å². The number of nitrogens with one attached hydrogen (secondary N) is 1. The first-order chi connectivity index (χ1) is 16.7. The summed E-state index contributed by atoms with van der Waals surface area (Å²) >= 11 is 0. The number of ether oxygens (including phenoxy) is 3. The maximum absolute atomic E-state index is 12.7. The van der Waals surface area contributed by atoms with E-state index in [0.29, 0.717) is 25.7 Å². The summed E-state index contributed by atoms with van der Waals surface area (Å²) in [5, 5.41) is 7.53. The lowest BCUT2D eigenvalue weighted by atomic mass is 9.93. The molecule has 0 spiro atoms. The lowest BCUT2D eigenvalue weighted by molar-refractivity contribution is 0.0282. The Kier molecular flexibility index (Phi) is 7.52. The molecule has 2 fully saturated rings. The number of hydrogen-bond donors (Lipinski definition) is 1. The number of likely N-dealkylation sites (tertiary alicyclic amines) is 1. The summed E-state index contributed by atoms with van der Waals surface area (Å²) in [7, 11) is 0. The summed E-state index contributed by atoms with van der Waals surface area (Å²) in [5.41, 5.74) is 1.14. The second kappa shape index (κ2) is 10.6. The van der Waals surface area contributed by atoms with Crippen molar-refractivity contribution in [1.29, 1.82) is 0 Å². The van der Waals surface area contributed by atoms with E-state index < -0.39 is 17.8 Å². The van der Waals surface area contributed by atoms with Crippen molar-refractivity contribution < 1.29 is 23.8 Å². The molecule has 1 aromatic heterocycles. The van der Waals surface area contributed by atoms with Gasteiger partial charge in [0, 0.05) is 19.0 Å². The van der Waals surface area contributed by atoms with Crippen LogP contribution in [0.2, 0.25) is 0 Å². The Bertz CT molecular complexity index is 1010. The molecular formula is C26H36N4O5. The van der Waals surface area contributed by atoms with E-state index in [4.69, 9.17) is 14.2 Å². The van der Waals surface area contributed by atoms with Crippen molar-refractivity contribution in [2.45, 2.75) is 71.2 Å². The van der Waals surface area contributed by atoms with E-state index in [1.165, 1.54) is 6.42 Å². The molecule has 1 aromatic carbocycles. The van der Waals surface area contributed by atoms with Crippen LogP contribution in [-0.4, -0.2) is 58.2 Å². The van der Waals surface area contributed by atoms with Gasteiger partial charge in [0.1, 0.15) is 17.9 Å². The minimum Gasteiger partial charge on any atom is -0.490 e. The summed E-state index contributed by atoms with van der Waals surface area (Å²) in [5.74, 6) is 0.608. The third-order valence-corrected chi connectivity index (χ3v) is 6.38. The first kappa shape index (κ1) is 24.9. The predicted molar refractivity (Wildman–Crippen MR) is 130 cm³/mol. The Morgan fingerprint density at radius 1 is 1.14 bits per heavy atom. The molecule has 0 bridgehead atoms. The number of hydrogen-bond acceptors (Lipinski definition) is 6. The third kappa shape index (κ3) is 6.68. The number of nitrogens with zero attached hydrogens (tertiary/aromatic N) is 3. The smallest absolute Gasteiger partial charge is 0.410 e.